The molecule has 1 aromatic heterocycles. The van der Waals surface area contributed by atoms with Gasteiger partial charge < -0.3 is 5.32 Å². The average Bonchev–Trinajstić information content (AvgIpc) is 2.69. The Morgan fingerprint density at radius 1 is 1.64 bits per heavy atom. The molecule has 2 atom stereocenters. The van der Waals surface area contributed by atoms with Gasteiger partial charge in [-0.1, -0.05) is 0 Å². The summed E-state index contributed by atoms with van der Waals surface area (Å²) in [6.07, 6.45) is 2.46. The number of nitrogens with one attached hydrogen (secondary N) is 1. The van der Waals surface area contributed by atoms with Gasteiger partial charge in [-0.2, -0.15) is 0 Å². The highest BCUT2D eigenvalue weighted by atomic mass is 35.5. The van der Waals surface area contributed by atoms with E-state index in [4.69, 9.17) is 11.6 Å². The maximum Gasteiger partial charge on any atom is 0.223 e. The lowest BCUT2D eigenvalue weighted by molar-refractivity contribution is 0.669. The molecule has 0 amide bonds. The van der Waals surface area contributed by atoms with Gasteiger partial charge in [0.1, 0.15) is 5.03 Å². The van der Waals surface area contributed by atoms with Crippen molar-refractivity contribution in [2.45, 2.75) is 16.7 Å². The highest BCUT2D eigenvalue weighted by Crippen LogP contribution is 2.14. The summed E-state index contributed by atoms with van der Waals surface area (Å²) in [5.41, 5.74) is 0. The van der Waals surface area contributed by atoms with Crippen LogP contribution in [-0.4, -0.2) is 32.5 Å². The van der Waals surface area contributed by atoms with Crippen molar-refractivity contribution in [1.29, 1.82) is 0 Å². The second-order valence-electron chi connectivity index (χ2n) is 3.08. The van der Waals surface area contributed by atoms with Crippen molar-refractivity contribution in [3.05, 3.63) is 17.5 Å². The number of rotatable bonds is 2. The van der Waals surface area contributed by atoms with E-state index in [2.05, 4.69) is 15.3 Å². The molecule has 1 saturated heterocycles. The SMILES string of the molecule is O=[S@@](c1ccnc(Cl)n1)[C@@H]1CCNC1. The number of nitrogens with zero attached hydrogens (tertiary/aromatic N) is 2. The zero-order chi connectivity index (χ0) is 9.97. The lowest BCUT2D eigenvalue weighted by atomic mass is 10.4. The molecular weight excluding hydrogens is 222 g/mol. The molecule has 14 heavy (non-hydrogen) atoms. The van der Waals surface area contributed by atoms with E-state index in [1.54, 1.807) is 6.07 Å². The minimum absolute atomic E-state index is 0.154. The van der Waals surface area contributed by atoms with E-state index in [-0.39, 0.29) is 10.5 Å². The first-order valence-electron chi connectivity index (χ1n) is 4.37. The van der Waals surface area contributed by atoms with Crippen LogP contribution < -0.4 is 5.32 Å². The minimum atomic E-state index is -1.07. The van der Waals surface area contributed by atoms with Gasteiger partial charge in [0.15, 0.2) is 0 Å². The third-order valence-electron chi connectivity index (χ3n) is 2.12. The maximum absolute atomic E-state index is 11.9. The van der Waals surface area contributed by atoms with Crippen molar-refractivity contribution in [1.82, 2.24) is 15.3 Å². The van der Waals surface area contributed by atoms with Crippen molar-refractivity contribution in [3.8, 4) is 0 Å². The fourth-order valence-corrected chi connectivity index (χ4v) is 2.92. The van der Waals surface area contributed by atoms with Gasteiger partial charge in [-0.05, 0) is 30.6 Å². The molecule has 0 bridgehead atoms. The zero-order valence-corrected chi connectivity index (χ0v) is 9.01. The van der Waals surface area contributed by atoms with Crippen LogP contribution in [0, 0.1) is 0 Å². The summed E-state index contributed by atoms with van der Waals surface area (Å²) in [7, 11) is -1.07. The summed E-state index contributed by atoms with van der Waals surface area (Å²) in [5, 5.41) is 4.00. The molecule has 0 unspecified atom stereocenters. The first-order valence-corrected chi connectivity index (χ1v) is 5.96. The Morgan fingerprint density at radius 3 is 3.14 bits per heavy atom. The molecule has 1 aliphatic rings. The van der Waals surface area contributed by atoms with Crippen molar-refractivity contribution >= 4 is 22.4 Å². The average molecular weight is 232 g/mol. The molecule has 0 spiro atoms. The van der Waals surface area contributed by atoms with Gasteiger partial charge in [-0.3, -0.25) is 4.21 Å². The zero-order valence-electron chi connectivity index (χ0n) is 7.44. The molecule has 76 valence electrons. The van der Waals surface area contributed by atoms with Crippen LogP contribution in [0.3, 0.4) is 0 Å². The summed E-state index contributed by atoms with van der Waals surface area (Å²) in [4.78, 5) is 7.70. The Morgan fingerprint density at radius 2 is 2.50 bits per heavy atom. The van der Waals surface area contributed by atoms with Crippen LogP contribution in [0.1, 0.15) is 6.42 Å². The Hall–Kier alpha value is -0.520. The van der Waals surface area contributed by atoms with Crippen LogP contribution in [0.15, 0.2) is 17.3 Å². The standard InChI is InChI=1S/C8H10ClN3OS/c9-8-11-4-2-7(12-8)14(13)6-1-3-10-5-6/h2,4,6,10H,1,3,5H2/t6-,14-/m1/s1. The van der Waals surface area contributed by atoms with E-state index in [1.165, 1.54) is 6.20 Å². The lowest BCUT2D eigenvalue weighted by Crippen LogP contribution is -2.19. The van der Waals surface area contributed by atoms with Crippen molar-refractivity contribution < 1.29 is 4.21 Å². The second-order valence-corrected chi connectivity index (χ2v) is 5.09. The molecule has 1 fully saturated rings. The quantitative estimate of drug-likeness (QED) is 0.598. The van der Waals surface area contributed by atoms with E-state index >= 15 is 0 Å². The van der Waals surface area contributed by atoms with Gasteiger partial charge in [0, 0.05) is 12.7 Å². The molecule has 6 heteroatoms. The van der Waals surface area contributed by atoms with E-state index < -0.39 is 10.8 Å². The largest absolute Gasteiger partial charge is 0.315 e. The number of hydrogen-bond donors (Lipinski definition) is 1. The molecule has 2 rings (SSSR count). The van der Waals surface area contributed by atoms with Gasteiger partial charge in [0.2, 0.25) is 5.28 Å². The van der Waals surface area contributed by atoms with Crippen LogP contribution in [0.2, 0.25) is 5.28 Å². The van der Waals surface area contributed by atoms with Crippen molar-refractivity contribution in [2.75, 3.05) is 13.1 Å². The molecule has 0 aliphatic carbocycles. The molecule has 1 N–H and O–H groups in total. The van der Waals surface area contributed by atoms with E-state index in [1.807, 2.05) is 0 Å². The highest BCUT2D eigenvalue weighted by molar-refractivity contribution is 7.85. The van der Waals surface area contributed by atoms with Gasteiger partial charge in [-0.15, -0.1) is 0 Å². The molecule has 4 nitrogen and oxygen atoms in total. The monoisotopic (exact) mass is 231 g/mol. The molecule has 0 aromatic carbocycles. The Labute approximate surface area is 89.6 Å². The molecular formula is C8H10ClN3OS. The normalized spacial score (nSPS) is 23.6. The van der Waals surface area contributed by atoms with Crippen LogP contribution >= 0.6 is 11.6 Å². The van der Waals surface area contributed by atoms with Crippen molar-refractivity contribution in [2.24, 2.45) is 0 Å². The highest BCUT2D eigenvalue weighted by Gasteiger charge is 2.23. The second kappa shape index (κ2) is 4.33. The summed E-state index contributed by atoms with van der Waals surface area (Å²) < 4.78 is 11.9. The topological polar surface area (TPSA) is 54.9 Å². The molecule has 2 heterocycles. The van der Waals surface area contributed by atoms with Gasteiger partial charge >= 0.3 is 0 Å². The molecule has 1 aromatic rings. The van der Waals surface area contributed by atoms with E-state index in [0.29, 0.717) is 5.03 Å². The number of halogens is 1. The van der Waals surface area contributed by atoms with Crippen LogP contribution in [0.5, 0.6) is 0 Å². The third kappa shape index (κ3) is 2.10. The molecule has 0 saturated carbocycles. The van der Waals surface area contributed by atoms with Gasteiger partial charge in [-0.25, -0.2) is 9.97 Å². The van der Waals surface area contributed by atoms with Crippen LogP contribution in [-0.2, 0) is 10.8 Å². The van der Waals surface area contributed by atoms with E-state index in [9.17, 15) is 4.21 Å². The Kier molecular flexibility index (Phi) is 3.10. The minimum Gasteiger partial charge on any atom is -0.315 e. The smallest absolute Gasteiger partial charge is 0.223 e. The predicted molar refractivity (Wildman–Crippen MR) is 54.7 cm³/mol. The first-order chi connectivity index (χ1) is 6.77. The number of aromatic nitrogens is 2. The molecule has 0 radical (unpaired) electrons. The Balaban J connectivity index is 2.17. The fraction of sp³-hybridized carbons (Fsp3) is 0.500. The summed E-state index contributed by atoms with van der Waals surface area (Å²) in [6, 6.07) is 1.65. The van der Waals surface area contributed by atoms with Crippen molar-refractivity contribution in [3.63, 3.8) is 0 Å². The predicted octanol–water partition coefficient (Wildman–Crippen LogP) is 0.599. The van der Waals surface area contributed by atoms with E-state index in [0.717, 1.165) is 19.5 Å². The van der Waals surface area contributed by atoms with Crippen LogP contribution in [0.4, 0.5) is 0 Å². The first kappa shape index (κ1) is 10.0. The third-order valence-corrected chi connectivity index (χ3v) is 3.95. The summed E-state index contributed by atoms with van der Waals surface area (Å²) in [5.74, 6) is 0. The lowest BCUT2D eigenvalue weighted by Gasteiger charge is -2.06. The molecule has 1 aliphatic heterocycles. The maximum atomic E-state index is 11.9. The Bertz CT molecular complexity index is 354. The van der Waals surface area contributed by atoms with Gasteiger partial charge in [0.05, 0.1) is 16.0 Å². The number of hydrogen-bond acceptors (Lipinski definition) is 4. The van der Waals surface area contributed by atoms with Crippen LogP contribution in [0.25, 0.3) is 0 Å². The fourth-order valence-electron chi connectivity index (χ4n) is 1.41. The summed E-state index contributed by atoms with van der Waals surface area (Å²) >= 11 is 5.62. The summed E-state index contributed by atoms with van der Waals surface area (Å²) in [6.45, 7) is 1.71. The van der Waals surface area contributed by atoms with Gasteiger partial charge in [0.25, 0.3) is 0 Å².